The van der Waals surface area contributed by atoms with Gasteiger partial charge in [0.1, 0.15) is 0 Å². The molecule has 0 spiro atoms. The summed E-state index contributed by atoms with van der Waals surface area (Å²) in [5.41, 5.74) is 7.53. The Labute approximate surface area is 104 Å². The van der Waals surface area contributed by atoms with Gasteiger partial charge in [-0.05, 0) is 48.5 Å². The Hall–Kier alpha value is -0.930. The predicted octanol–water partition coefficient (Wildman–Crippen LogP) is 1.89. The molecule has 0 bridgehead atoms. The lowest BCUT2D eigenvalue weighted by Gasteiger charge is -2.44. The minimum Gasteiger partial charge on any atom is -0.330 e. The molecule has 1 aliphatic heterocycles. The number of hydrogen-bond donors (Lipinski definition) is 1. The van der Waals surface area contributed by atoms with Crippen molar-refractivity contribution in [1.82, 2.24) is 9.88 Å². The second kappa shape index (κ2) is 5.15. The largest absolute Gasteiger partial charge is 0.330 e. The van der Waals surface area contributed by atoms with Gasteiger partial charge in [-0.25, -0.2) is 0 Å². The lowest BCUT2D eigenvalue weighted by molar-refractivity contribution is 0.0548. The highest BCUT2D eigenvalue weighted by Crippen LogP contribution is 2.34. The predicted molar refractivity (Wildman–Crippen MR) is 70.5 cm³/mol. The molecular formula is C14H23N3. The summed E-state index contributed by atoms with van der Waals surface area (Å²) in [6.07, 6.45) is 4.95. The van der Waals surface area contributed by atoms with E-state index in [0.717, 1.165) is 26.2 Å². The standard InChI is InChI=1S/C14H23N3/c1-14(2)11-17(8-5-13(14)9-15)10-12-3-6-16-7-4-12/h3-4,6-7,13H,5,8-11,15H2,1-2H3. The van der Waals surface area contributed by atoms with Crippen molar-refractivity contribution in [3.8, 4) is 0 Å². The van der Waals surface area contributed by atoms with Crippen molar-refractivity contribution in [2.45, 2.75) is 26.8 Å². The molecule has 0 aliphatic carbocycles. The number of piperidine rings is 1. The summed E-state index contributed by atoms with van der Waals surface area (Å²) >= 11 is 0. The highest BCUT2D eigenvalue weighted by atomic mass is 15.1. The van der Waals surface area contributed by atoms with Crippen LogP contribution in [-0.4, -0.2) is 29.5 Å². The van der Waals surface area contributed by atoms with Gasteiger partial charge >= 0.3 is 0 Å². The Morgan fingerprint density at radius 1 is 1.41 bits per heavy atom. The van der Waals surface area contributed by atoms with E-state index in [1.807, 2.05) is 12.4 Å². The molecule has 0 saturated carbocycles. The third kappa shape index (κ3) is 3.05. The molecular weight excluding hydrogens is 210 g/mol. The molecule has 1 aromatic rings. The van der Waals surface area contributed by atoms with Crippen LogP contribution in [0.1, 0.15) is 25.8 Å². The third-order valence-corrected chi connectivity index (χ3v) is 3.97. The second-order valence-corrected chi connectivity index (χ2v) is 5.78. The van der Waals surface area contributed by atoms with E-state index in [1.165, 1.54) is 12.0 Å². The normalized spacial score (nSPS) is 24.8. The summed E-state index contributed by atoms with van der Waals surface area (Å²) in [6.45, 7) is 8.82. The maximum absolute atomic E-state index is 5.85. The molecule has 1 atom stereocenters. The van der Waals surface area contributed by atoms with Gasteiger partial charge in [-0.2, -0.15) is 0 Å². The van der Waals surface area contributed by atoms with Crippen LogP contribution in [0.3, 0.4) is 0 Å². The molecule has 3 heteroatoms. The molecule has 2 heterocycles. The first-order valence-electron chi connectivity index (χ1n) is 6.43. The number of pyridine rings is 1. The van der Waals surface area contributed by atoms with Crippen LogP contribution < -0.4 is 5.73 Å². The molecule has 17 heavy (non-hydrogen) atoms. The van der Waals surface area contributed by atoms with E-state index in [1.54, 1.807) is 0 Å². The molecule has 1 unspecified atom stereocenters. The van der Waals surface area contributed by atoms with Crippen LogP contribution in [0.4, 0.5) is 0 Å². The van der Waals surface area contributed by atoms with Crippen LogP contribution in [0.15, 0.2) is 24.5 Å². The summed E-state index contributed by atoms with van der Waals surface area (Å²) in [7, 11) is 0. The maximum atomic E-state index is 5.85. The Bertz CT molecular complexity index is 348. The zero-order valence-electron chi connectivity index (χ0n) is 10.9. The summed E-state index contributed by atoms with van der Waals surface area (Å²) in [6, 6.07) is 4.20. The molecule has 1 fully saturated rings. The molecule has 0 radical (unpaired) electrons. The smallest absolute Gasteiger partial charge is 0.0271 e. The number of hydrogen-bond acceptors (Lipinski definition) is 3. The van der Waals surface area contributed by atoms with Crippen molar-refractivity contribution in [2.24, 2.45) is 17.1 Å². The fourth-order valence-electron chi connectivity index (χ4n) is 2.83. The van der Waals surface area contributed by atoms with Crippen molar-refractivity contribution < 1.29 is 0 Å². The fraction of sp³-hybridized carbons (Fsp3) is 0.643. The third-order valence-electron chi connectivity index (χ3n) is 3.97. The van der Waals surface area contributed by atoms with Crippen molar-refractivity contribution in [1.29, 1.82) is 0 Å². The van der Waals surface area contributed by atoms with Gasteiger partial charge < -0.3 is 5.73 Å². The summed E-state index contributed by atoms with van der Waals surface area (Å²) in [5, 5.41) is 0. The molecule has 0 aromatic carbocycles. The van der Waals surface area contributed by atoms with Gasteiger partial charge in [0.15, 0.2) is 0 Å². The van der Waals surface area contributed by atoms with E-state index in [4.69, 9.17) is 5.73 Å². The van der Waals surface area contributed by atoms with E-state index >= 15 is 0 Å². The highest BCUT2D eigenvalue weighted by molar-refractivity contribution is 5.09. The van der Waals surface area contributed by atoms with Crippen molar-refractivity contribution >= 4 is 0 Å². The van der Waals surface area contributed by atoms with E-state index in [2.05, 4.69) is 35.9 Å². The van der Waals surface area contributed by atoms with Gasteiger partial charge in [-0.1, -0.05) is 13.8 Å². The lowest BCUT2D eigenvalue weighted by Crippen LogP contribution is -2.47. The van der Waals surface area contributed by atoms with Crippen molar-refractivity contribution in [2.75, 3.05) is 19.6 Å². The van der Waals surface area contributed by atoms with Gasteiger partial charge in [0, 0.05) is 25.5 Å². The van der Waals surface area contributed by atoms with E-state index in [9.17, 15) is 0 Å². The Kier molecular flexibility index (Phi) is 3.79. The van der Waals surface area contributed by atoms with Crippen LogP contribution >= 0.6 is 0 Å². The van der Waals surface area contributed by atoms with Crippen LogP contribution in [0, 0.1) is 11.3 Å². The molecule has 1 aliphatic rings. The molecule has 2 rings (SSSR count). The fourth-order valence-corrected chi connectivity index (χ4v) is 2.83. The molecule has 1 aromatic heterocycles. The molecule has 2 N–H and O–H groups in total. The quantitative estimate of drug-likeness (QED) is 0.867. The van der Waals surface area contributed by atoms with Crippen LogP contribution in [0.25, 0.3) is 0 Å². The second-order valence-electron chi connectivity index (χ2n) is 5.78. The first-order valence-corrected chi connectivity index (χ1v) is 6.43. The highest BCUT2D eigenvalue weighted by Gasteiger charge is 2.34. The minimum absolute atomic E-state index is 0.333. The van der Waals surface area contributed by atoms with Crippen LogP contribution in [0.5, 0.6) is 0 Å². The number of nitrogens with zero attached hydrogens (tertiary/aromatic N) is 2. The van der Waals surface area contributed by atoms with Gasteiger partial charge in [0.25, 0.3) is 0 Å². The number of aromatic nitrogens is 1. The lowest BCUT2D eigenvalue weighted by atomic mass is 9.74. The number of nitrogens with two attached hydrogens (primary N) is 1. The Morgan fingerprint density at radius 2 is 2.12 bits per heavy atom. The van der Waals surface area contributed by atoms with E-state index < -0.39 is 0 Å². The van der Waals surface area contributed by atoms with Crippen LogP contribution in [-0.2, 0) is 6.54 Å². The zero-order valence-corrected chi connectivity index (χ0v) is 10.9. The zero-order chi connectivity index (χ0) is 12.3. The first kappa shape index (κ1) is 12.5. The molecule has 1 saturated heterocycles. The molecule has 94 valence electrons. The maximum Gasteiger partial charge on any atom is 0.0271 e. The van der Waals surface area contributed by atoms with Gasteiger partial charge in [-0.15, -0.1) is 0 Å². The molecule has 0 amide bonds. The topological polar surface area (TPSA) is 42.2 Å². The summed E-state index contributed by atoms with van der Waals surface area (Å²) < 4.78 is 0. The van der Waals surface area contributed by atoms with Crippen LogP contribution in [0.2, 0.25) is 0 Å². The summed E-state index contributed by atoms with van der Waals surface area (Å²) in [4.78, 5) is 6.59. The number of likely N-dealkylation sites (tertiary alicyclic amines) is 1. The minimum atomic E-state index is 0.333. The SMILES string of the molecule is CC1(C)CN(Cc2ccncc2)CCC1CN. The first-order chi connectivity index (χ1) is 8.12. The molecule has 3 nitrogen and oxygen atoms in total. The Morgan fingerprint density at radius 3 is 2.71 bits per heavy atom. The summed E-state index contributed by atoms with van der Waals surface area (Å²) in [5.74, 6) is 0.663. The average Bonchev–Trinajstić information content (AvgIpc) is 2.29. The monoisotopic (exact) mass is 233 g/mol. The van der Waals surface area contributed by atoms with E-state index in [-0.39, 0.29) is 0 Å². The Balaban J connectivity index is 1.97. The van der Waals surface area contributed by atoms with Gasteiger partial charge in [0.05, 0.1) is 0 Å². The van der Waals surface area contributed by atoms with Gasteiger partial charge in [-0.3, -0.25) is 9.88 Å². The van der Waals surface area contributed by atoms with Gasteiger partial charge in [0.2, 0.25) is 0 Å². The number of rotatable bonds is 3. The van der Waals surface area contributed by atoms with Crippen molar-refractivity contribution in [3.63, 3.8) is 0 Å². The van der Waals surface area contributed by atoms with E-state index in [0.29, 0.717) is 11.3 Å². The van der Waals surface area contributed by atoms with Crippen molar-refractivity contribution in [3.05, 3.63) is 30.1 Å². The average molecular weight is 233 g/mol.